The van der Waals surface area contributed by atoms with Gasteiger partial charge in [0.2, 0.25) is 0 Å². The predicted molar refractivity (Wildman–Crippen MR) is 86.2 cm³/mol. The number of nitrogens with one attached hydrogen (secondary N) is 1. The number of benzene rings is 1. The van der Waals surface area contributed by atoms with Gasteiger partial charge in [0.1, 0.15) is 0 Å². The molecule has 0 spiro atoms. The van der Waals surface area contributed by atoms with Gasteiger partial charge >= 0.3 is 5.97 Å². The molecule has 2 N–H and O–H groups in total. The lowest BCUT2D eigenvalue weighted by Gasteiger charge is -2.23. The first kappa shape index (κ1) is 17.5. The van der Waals surface area contributed by atoms with Gasteiger partial charge in [-0.25, -0.2) is 4.79 Å². The van der Waals surface area contributed by atoms with Crippen LogP contribution in [-0.4, -0.2) is 23.1 Å². The summed E-state index contributed by atoms with van der Waals surface area (Å²) in [5.41, 5.74) is 3.48. The van der Waals surface area contributed by atoms with Crippen LogP contribution in [0, 0.1) is 5.92 Å². The van der Waals surface area contributed by atoms with Gasteiger partial charge in [-0.1, -0.05) is 36.8 Å². The van der Waals surface area contributed by atoms with Crippen LogP contribution in [0.15, 0.2) is 30.3 Å². The van der Waals surface area contributed by atoms with Crippen molar-refractivity contribution in [3.8, 4) is 0 Å². The number of aliphatic hydroxyl groups excluding tert-OH is 1. The van der Waals surface area contributed by atoms with E-state index in [0.29, 0.717) is 19.3 Å². The van der Waals surface area contributed by atoms with Gasteiger partial charge in [0, 0.05) is 6.42 Å². The van der Waals surface area contributed by atoms with Crippen LogP contribution in [0.1, 0.15) is 50.5 Å². The largest absolute Gasteiger partial charge is 0.393 e. The number of amides is 1. The van der Waals surface area contributed by atoms with Crippen LogP contribution in [0.3, 0.4) is 0 Å². The van der Waals surface area contributed by atoms with Crippen molar-refractivity contribution in [1.29, 1.82) is 0 Å². The molecule has 1 saturated carbocycles. The fourth-order valence-electron chi connectivity index (χ4n) is 2.88. The van der Waals surface area contributed by atoms with Gasteiger partial charge in [-0.2, -0.15) is 5.48 Å². The number of rotatable bonds is 6. The molecule has 5 heteroatoms. The molecule has 0 radical (unpaired) electrons. The monoisotopic (exact) mass is 319 g/mol. The molecule has 0 aromatic heterocycles. The zero-order valence-corrected chi connectivity index (χ0v) is 13.4. The summed E-state index contributed by atoms with van der Waals surface area (Å²) >= 11 is 0. The Balaban J connectivity index is 1.57. The molecule has 2 atom stereocenters. The molecule has 0 bridgehead atoms. The summed E-state index contributed by atoms with van der Waals surface area (Å²) in [6.45, 7) is 0. The number of unbranched alkanes of at least 4 members (excludes halogenated alkanes) is 1. The summed E-state index contributed by atoms with van der Waals surface area (Å²) in [6.07, 6.45) is 5.19. The van der Waals surface area contributed by atoms with Crippen molar-refractivity contribution in [2.24, 2.45) is 5.92 Å². The zero-order valence-electron chi connectivity index (χ0n) is 13.4. The van der Waals surface area contributed by atoms with E-state index in [1.807, 2.05) is 18.2 Å². The first-order valence-electron chi connectivity index (χ1n) is 8.36. The normalized spacial score (nSPS) is 20.7. The molecule has 1 amide bonds. The zero-order chi connectivity index (χ0) is 16.5. The molecule has 1 aliphatic carbocycles. The second kappa shape index (κ2) is 9.30. The highest BCUT2D eigenvalue weighted by molar-refractivity contribution is 5.78. The van der Waals surface area contributed by atoms with Crippen molar-refractivity contribution < 1.29 is 19.5 Å². The van der Waals surface area contributed by atoms with Crippen molar-refractivity contribution in [3.05, 3.63) is 35.9 Å². The third-order valence-corrected chi connectivity index (χ3v) is 4.21. The Morgan fingerprint density at radius 2 is 1.96 bits per heavy atom. The number of carbonyl (C=O) groups is 2. The summed E-state index contributed by atoms with van der Waals surface area (Å²) in [7, 11) is 0. The minimum absolute atomic E-state index is 0.275. The van der Waals surface area contributed by atoms with Gasteiger partial charge in [-0.15, -0.1) is 0 Å². The standard InChI is InChI=1S/C18H25NO4/c20-16-11-6-10-15(13-16)18(22)23-19-17(21)12-5-4-9-14-7-2-1-3-8-14/h1-3,7-8,15-16,20H,4-6,9-13H2,(H,19,21). The molecule has 1 aromatic rings. The van der Waals surface area contributed by atoms with E-state index in [0.717, 1.165) is 32.1 Å². The van der Waals surface area contributed by atoms with Crippen LogP contribution < -0.4 is 5.48 Å². The fourth-order valence-corrected chi connectivity index (χ4v) is 2.88. The molecule has 0 saturated heterocycles. The third kappa shape index (κ3) is 6.40. The second-order valence-electron chi connectivity index (χ2n) is 6.16. The highest BCUT2D eigenvalue weighted by Gasteiger charge is 2.27. The van der Waals surface area contributed by atoms with E-state index in [2.05, 4.69) is 17.6 Å². The van der Waals surface area contributed by atoms with Gasteiger partial charge < -0.3 is 9.94 Å². The molecule has 1 fully saturated rings. The average molecular weight is 319 g/mol. The molecule has 5 nitrogen and oxygen atoms in total. The summed E-state index contributed by atoms with van der Waals surface area (Å²) in [5.74, 6) is -1.03. The molecular weight excluding hydrogens is 294 g/mol. The quantitative estimate of drug-likeness (QED) is 0.624. The van der Waals surface area contributed by atoms with E-state index in [-0.39, 0.29) is 11.8 Å². The van der Waals surface area contributed by atoms with Crippen molar-refractivity contribution in [2.75, 3.05) is 0 Å². The first-order chi connectivity index (χ1) is 11.1. The SMILES string of the molecule is O=C(CCCCc1ccccc1)NOC(=O)C1CCCC(O)C1. The Labute approximate surface area is 137 Å². The predicted octanol–water partition coefficient (Wildman–Crippen LogP) is 2.52. The molecule has 1 aromatic carbocycles. The molecule has 0 heterocycles. The number of hydroxylamine groups is 1. The van der Waals surface area contributed by atoms with E-state index < -0.39 is 12.1 Å². The summed E-state index contributed by atoms with van der Waals surface area (Å²) in [5, 5.41) is 9.55. The van der Waals surface area contributed by atoms with Crippen molar-refractivity contribution in [1.82, 2.24) is 5.48 Å². The van der Waals surface area contributed by atoms with Crippen LogP contribution in [0.4, 0.5) is 0 Å². The van der Waals surface area contributed by atoms with Gasteiger partial charge in [0.25, 0.3) is 5.91 Å². The Morgan fingerprint density at radius 3 is 2.70 bits per heavy atom. The lowest BCUT2D eigenvalue weighted by molar-refractivity contribution is -0.164. The number of aryl methyl sites for hydroxylation is 1. The second-order valence-corrected chi connectivity index (χ2v) is 6.16. The smallest absolute Gasteiger partial charge is 0.335 e. The number of aliphatic hydroxyl groups is 1. The van der Waals surface area contributed by atoms with Crippen LogP contribution in [-0.2, 0) is 20.8 Å². The third-order valence-electron chi connectivity index (χ3n) is 4.21. The van der Waals surface area contributed by atoms with Crippen LogP contribution in [0.5, 0.6) is 0 Å². The topological polar surface area (TPSA) is 75.6 Å². The van der Waals surface area contributed by atoms with Gasteiger partial charge in [-0.05, 0) is 44.1 Å². The van der Waals surface area contributed by atoms with Gasteiger partial charge in [0.05, 0.1) is 12.0 Å². The maximum atomic E-state index is 11.8. The van der Waals surface area contributed by atoms with Crippen molar-refractivity contribution >= 4 is 11.9 Å². The Hall–Kier alpha value is -1.88. The van der Waals surface area contributed by atoms with Crippen LogP contribution >= 0.6 is 0 Å². The number of hydrogen-bond acceptors (Lipinski definition) is 4. The van der Waals surface area contributed by atoms with E-state index in [1.54, 1.807) is 0 Å². The highest BCUT2D eigenvalue weighted by Crippen LogP contribution is 2.24. The number of hydrogen-bond donors (Lipinski definition) is 2. The van der Waals surface area contributed by atoms with Crippen LogP contribution in [0.2, 0.25) is 0 Å². The van der Waals surface area contributed by atoms with E-state index in [4.69, 9.17) is 4.84 Å². The Kier molecular flexibility index (Phi) is 7.07. The highest BCUT2D eigenvalue weighted by atomic mass is 16.7. The fraction of sp³-hybridized carbons (Fsp3) is 0.556. The first-order valence-corrected chi connectivity index (χ1v) is 8.36. The lowest BCUT2D eigenvalue weighted by atomic mass is 9.87. The molecule has 23 heavy (non-hydrogen) atoms. The Morgan fingerprint density at radius 1 is 1.17 bits per heavy atom. The summed E-state index contributed by atoms with van der Waals surface area (Å²) in [4.78, 5) is 28.3. The van der Waals surface area contributed by atoms with Crippen molar-refractivity contribution in [3.63, 3.8) is 0 Å². The number of carbonyl (C=O) groups excluding carboxylic acids is 2. The summed E-state index contributed by atoms with van der Waals surface area (Å²) < 4.78 is 0. The maximum Gasteiger partial charge on any atom is 0.335 e. The lowest BCUT2D eigenvalue weighted by Crippen LogP contribution is -2.33. The van der Waals surface area contributed by atoms with E-state index in [1.165, 1.54) is 5.56 Å². The van der Waals surface area contributed by atoms with Crippen molar-refractivity contribution in [2.45, 2.75) is 57.5 Å². The average Bonchev–Trinajstić information content (AvgIpc) is 2.57. The molecule has 2 rings (SSSR count). The molecular formula is C18H25NO4. The minimum atomic E-state index is -0.443. The molecule has 2 unspecified atom stereocenters. The summed E-state index contributed by atoms with van der Waals surface area (Å²) in [6, 6.07) is 10.1. The molecule has 0 aliphatic heterocycles. The van der Waals surface area contributed by atoms with E-state index >= 15 is 0 Å². The van der Waals surface area contributed by atoms with Gasteiger partial charge in [0.15, 0.2) is 0 Å². The minimum Gasteiger partial charge on any atom is -0.393 e. The Bertz CT molecular complexity index is 503. The maximum absolute atomic E-state index is 11.8. The molecule has 126 valence electrons. The van der Waals surface area contributed by atoms with Gasteiger partial charge in [-0.3, -0.25) is 4.79 Å². The van der Waals surface area contributed by atoms with Crippen LogP contribution in [0.25, 0.3) is 0 Å². The molecule has 1 aliphatic rings. The van der Waals surface area contributed by atoms with E-state index in [9.17, 15) is 14.7 Å².